The zero-order valence-electron chi connectivity index (χ0n) is 16.3. The predicted octanol–water partition coefficient (Wildman–Crippen LogP) is 7.28. The second-order valence-electron chi connectivity index (χ2n) is 6.93. The van der Waals surface area contributed by atoms with Gasteiger partial charge in [-0.25, -0.2) is 0 Å². The van der Waals surface area contributed by atoms with Gasteiger partial charge in [-0.15, -0.1) is 23.2 Å². The Balaban J connectivity index is 3.38. The van der Waals surface area contributed by atoms with E-state index < -0.39 is 4.46 Å². The molecule has 0 amide bonds. The lowest BCUT2D eigenvalue weighted by molar-refractivity contribution is -0.140. The van der Waals surface area contributed by atoms with Crippen LogP contribution in [0.1, 0.15) is 103 Å². The van der Waals surface area contributed by atoms with Crippen molar-refractivity contribution < 1.29 is 9.53 Å². The van der Waals surface area contributed by atoms with Crippen LogP contribution < -0.4 is 0 Å². The zero-order chi connectivity index (χ0) is 18.8. The molecule has 0 N–H and O–H groups in total. The van der Waals surface area contributed by atoms with Crippen LogP contribution in [-0.4, -0.2) is 27.1 Å². The molecule has 2 nitrogen and oxygen atoms in total. The van der Waals surface area contributed by atoms with E-state index in [1.54, 1.807) is 0 Å². The van der Waals surface area contributed by atoms with Crippen LogP contribution in [0.2, 0.25) is 5.54 Å². The van der Waals surface area contributed by atoms with Crippen molar-refractivity contribution in [3.05, 3.63) is 0 Å². The molecule has 0 saturated heterocycles. The summed E-state index contributed by atoms with van der Waals surface area (Å²) in [6, 6.07) is 0. The Morgan fingerprint density at radius 3 is 1.56 bits per heavy atom. The van der Waals surface area contributed by atoms with Crippen molar-refractivity contribution >= 4 is 38.7 Å². The molecule has 2 radical (unpaired) electrons. The summed E-state index contributed by atoms with van der Waals surface area (Å²) in [6.07, 6.45) is 19.6. The predicted molar refractivity (Wildman–Crippen MR) is 112 cm³/mol. The van der Waals surface area contributed by atoms with Gasteiger partial charge in [-0.2, -0.15) is 0 Å². The third-order valence-electron chi connectivity index (χ3n) is 4.66. The van der Waals surface area contributed by atoms with Crippen LogP contribution in [0.5, 0.6) is 0 Å². The molecular weight excluding hydrogens is 371 g/mol. The van der Waals surface area contributed by atoms with Gasteiger partial charge in [0, 0.05) is 5.54 Å². The van der Waals surface area contributed by atoms with Gasteiger partial charge in [-0.1, -0.05) is 96.8 Å². The topological polar surface area (TPSA) is 26.3 Å². The first-order chi connectivity index (χ1) is 12.1. The Hall–Kier alpha value is 0.267. The number of rotatable bonds is 18. The van der Waals surface area contributed by atoms with Gasteiger partial charge >= 0.3 is 5.97 Å². The van der Waals surface area contributed by atoms with Crippen LogP contribution >= 0.6 is 23.2 Å². The lowest BCUT2D eigenvalue weighted by Gasteiger charge is -2.13. The summed E-state index contributed by atoms with van der Waals surface area (Å²) < 4.78 is 4.37. The summed E-state index contributed by atoms with van der Waals surface area (Å²) >= 11 is 11.6. The average molecular weight is 410 g/mol. The third-order valence-corrected chi connectivity index (χ3v) is 6.59. The number of halogens is 2. The molecule has 0 heterocycles. The number of hydrogen-bond acceptors (Lipinski definition) is 2. The number of ether oxygens (including phenoxy) is 1. The second kappa shape index (κ2) is 19.0. The molecule has 0 aromatic carbocycles. The maximum absolute atomic E-state index is 11.7. The van der Waals surface area contributed by atoms with Crippen molar-refractivity contribution in [1.82, 2.24) is 0 Å². The van der Waals surface area contributed by atoms with E-state index >= 15 is 0 Å². The molecule has 148 valence electrons. The Bertz CT molecular complexity index is 301. The van der Waals surface area contributed by atoms with Gasteiger partial charge in [0.05, 0.1) is 11.6 Å². The minimum atomic E-state index is -0.462. The fourth-order valence-electron chi connectivity index (χ4n) is 3.11. The first kappa shape index (κ1) is 25.3. The van der Waals surface area contributed by atoms with Gasteiger partial charge in [0.25, 0.3) is 0 Å². The fraction of sp³-hybridized carbons (Fsp3) is 0.950. The van der Waals surface area contributed by atoms with Crippen molar-refractivity contribution in [1.29, 1.82) is 0 Å². The van der Waals surface area contributed by atoms with Crippen molar-refractivity contribution in [2.24, 2.45) is 0 Å². The van der Waals surface area contributed by atoms with E-state index in [0.29, 0.717) is 0 Å². The van der Waals surface area contributed by atoms with Crippen LogP contribution in [0.3, 0.4) is 0 Å². The van der Waals surface area contributed by atoms with Gasteiger partial charge in [-0.05, 0) is 6.42 Å². The number of carbonyl (C=O) groups is 1. The molecular formula is C20H38Cl2O2Si. The van der Waals surface area contributed by atoms with Gasteiger partial charge in [0.1, 0.15) is 9.52 Å². The molecule has 1 unspecified atom stereocenters. The highest BCUT2D eigenvalue weighted by Crippen LogP contribution is 2.21. The first-order valence-electron chi connectivity index (χ1n) is 10.2. The Labute approximate surface area is 168 Å². The Morgan fingerprint density at radius 1 is 0.800 bits per heavy atom. The maximum Gasteiger partial charge on any atom is 0.305 e. The van der Waals surface area contributed by atoms with E-state index in [1.807, 2.05) is 0 Å². The van der Waals surface area contributed by atoms with Crippen molar-refractivity contribution in [3.63, 3.8) is 0 Å². The summed E-state index contributed by atoms with van der Waals surface area (Å²) in [5, 5.41) is 0. The largest absolute Gasteiger partial charge is 0.469 e. The van der Waals surface area contributed by atoms with E-state index in [0.717, 1.165) is 12.8 Å². The number of alkyl halides is 2. The van der Waals surface area contributed by atoms with Gasteiger partial charge < -0.3 is 4.74 Å². The summed E-state index contributed by atoms with van der Waals surface area (Å²) in [4.78, 5) is 11.7. The van der Waals surface area contributed by atoms with Crippen LogP contribution in [0.25, 0.3) is 0 Å². The van der Waals surface area contributed by atoms with Crippen LogP contribution in [0, 0.1) is 0 Å². The summed E-state index contributed by atoms with van der Waals surface area (Å²) in [7, 11) is 1.67. The van der Waals surface area contributed by atoms with Crippen molar-refractivity contribution in [2.75, 3.05) is 7.11 Å². The quantitative estimate of drug-likeness (QED) is 0.103. The van der Waals surface area contributed by atoms with Gasteiger partial charge in [0.15, 0.2) is 0 Å². The normalized spacial score (nSPS) is 12.5. The number of unbranched alkanes of at least 4 members (excludes halogenated alkanes) is 13. The van der Waals surface area contributed by atoms with Gasteiger partial charge in [0.2, 0.25) is 0 Å². The molecule has 0 spiro atoms. The highest BCUT2D eigenvalue weighted by Gasteiger charge is 2.22. The minimum absolute atomic E-state index is 0.123. The Kier molecular flexibility index (Phi) is 19.2. The van der Waals surface area contributed by atoms with E-state index in [-0.39, 0.29) is 21.0 Å². The molecule has 5 heteroatoms. The zero-order valence-corrected chi connectivity index (χ0v) is 18.8. The second-order valence-corrected chi connectivity index (χ2v) is 10.4. The van der Waals surface area contributed by atoms with E-state index in [1.165, 1.54) is 90.6 Å². The first-order valence-corrected chi connectivity index (χ1v) is 12.3. The van der Waals surface area contributed by atoms with E-state index in [2.05, 4.69) is 6.92 Å². The molecule has 0 aromatic rings. The van der Waals surface area contributed by atoms with Crippen LogP contribution in [0.15, 0.2) is 0 Å². The number of carbonyl (C=O) groups excluding carboxylic acids is 1. The SMILES string of the molecule is CCCCCCCCCCCCCCCCC([Si]C(Cl)Cl)C(=O)OC. The maximum atomic E-state index is 11.7. The lowest BCUT2D eigenvalue weighted by Crippen LogP contribution is -2.21. The third kappa shape index (κ3) is 17.4. The van der Waals surface area contributed by atoms with Crippen molar-refractivity contribution in [2.45, 2.75) is 113 Å². The Morgan fingerprint density at radius 2 is 1.20 bits per heavy atom. The number of esters is 1. The smallest absolute Gasteiger partial charge is 0.305 e. The molecule has 0 aromatic heterocycles. The molecule has 0 fully saturated rings. The highest BCUT2D eigenvalue weighted by atomic mass is 35.5. The molecule has 0 rings (SSSR count). The molecule has 1 atom stereocenters. The summed E-state index contributed by atoms with van der Waals surface area (Å²) in [5.41, 5.74) is -0.123. The van der Waals surface area contributed by atoms with Gasteiger partial charge in [-0.3, -0.25) is 4.79 Å². The number of hydrogen-bond donors (Lipinski definition) is 0. The highest BCUT2D eigenvalue weighted by molar-refractivity contribution is 6.70. The van der Waals surface area contributed by atoms with E-state index in [9.17, 15) is 4.79 Å². The summed E-state index contributed by atoms with van der Waals surface area (Å²) in [6.45, 7) is 2.27. The summed E-state index contributed by atoms with van der Waals surface area (Å²) in [5.74, 6) is -0.167. The van der Waals surface area contributed by atoms with Crippen molar-refractivity contribution in [3.8, 4) is 0 Å². The fourth-order valence-corrected chi connectivity index (χ4v) is 4.95. The standard InChI is InChI=1S/C20H38Cl2O2Si/c1-3-4-5-6-7-8-9-10-11-12-13-14-15-16-17-18(19(23)24-2)25-20(21)22/h18,20H,3-17H2,1-2H3. The lowest BCUT2D eigenvalue weighted by atomic mass is 10.0. The number of methoxy groups -OCH3 is 1. The van der Waals surface area contributed by atoms with Crippen LogP contribution in [0.4, 0.5) is 0 Å². The van der Waals surface area contributed by atoms with E-state index in [4.69, 9.17) is 27.9 Å². The molecule has 0 aliphatic rings. The molecule has 25 heavy (non-hydrogen) atoms. The monoisotopic (exact) mass is 408 g/mol. The minimum Gasteiger partial charge on any atom is -0.469 e. The van der Waals surface area contributed by atoms with Crippen LogP contribution in [-0.2, 0) is 9.53 Å². The average Bonchev–Trinajstić information content (AvgIpc) is 2.60. The molecule has 0 bridgehead atoms. The molecule has 0 aliphatic heterocycles. The molecule has 0 aliphatic carbocycles. The molecule has 0 saturated carbocycles.